The number of nitrogens with one attached hydrogen (secondary N) is 2. The number of amidine groups is 1. The fraction of sp³-hybridized carbons (Fsp3) is 0.267. The molecular formula is C15H17N7O2. The van der Waals surface area contributed by atoms with Crippen molar-refractivity contribution >= 4 is 23.2 Å². The van der Waals surface area contributed by atoms with E-state index in [4.69, 9.17) is 15.9 Å². The van der Waals surface area contributed by atoms with Crippen LogP contribution in [0.3, 0.4) is 0 Å². The van der Waals surface area contributed by atoms with E-state index in [-0.39, 0.29) is 17.4 Å². The quantitative estimate of drug-likeness (QED) is 0.546. The monoisotopic (exact) mass is 327 g/mol. The zero-order valence-electron chi connectivity index (χ0n) is 12.9. The molecule has 1 fully saturated rings. The van der Waals surface area contributed by atoms with E-state index in [9.17, 15) is 4.79 Å². The first-order valence-corrected chi connectivity index (χ1v) is 7.41. The number of carbonyl (C=O) groups excluding carboxylic acids is 1. The Hall–Kier alpha value is -3.07. The molecule has 24 heavy (non-hydrogen) atoms. The predicted molar refractivity (Wildman–Crippen MR) is 87.3 cm³/mol. The smallest absolute Gasteiger partial charge is 0.254 e. The molecule has 1 aromatic carbocycles. The van der Waals surface area contributed by atoms with Gasteiger partial charge in [0.15, 0.2) is 11.5 Å². The highest BCUT2D eigenvalue weighted by Gasteiger charge is 2.18. The number of hydrogen-bond acceptors (Lipinski definition) is 7. The number of benzene rings is 1. The van der Waals surface area contributed by atoms with Gasteiger partial charge in [-0.25, -0.2) is 4.98 Å². The standard InChI is InChI=1S/C15H17N7O2/c16-13(17)12-14(18-9-19-21-12)20-11-3-1-10(2-4-11)15(23)22-5-7-24-8-6-22/h1-4,9H,5-8H2,(H3,16,17)(H,18,19,20). The average Bonchev–Trinajstić information content (AvgIpc) is 2.63. The summed E-state index contributed by atoms with van der Waals surface area (Å²) in [7, 11) is 0. The molecule has 0 aliphatic carbocycles. The molecule has 3 rings (SSSR count). The van der Waals surface area contributed by atoms with Gasteiger partial charge in [0.2, 0.25) is 0 Å². The van der Waals surface area contributed by atoms with Crippen LogP contribution < -0.4 is 11.1 Å². The normalized spacial score (nSPS) is 14.2. The van der Waals surface area contributed by atoms with Crippen LogP contribution in [0.15, 0.2) is 30.6 Å². The van der Waals surface area contributed by atoms with Crippen LogP contribution in [0.5, 0.6) is 0 Å². The van der Waals surface area contributed by atoms with Crippen molar-refractivity contribution in [2.45, 2.75) is 0 Å². The SMILES string of the molecule is N=C(N)c1nncnc1Nc1ccc(C(=O)N2CCOCC2)cc1. The van der Waals surface area contributed by atoms with Crippen LogP contribution in [0, 0.1) is 5.41 Å². The third-order valence-electron chi connectivity index (χ3n) is 3.57. The third kappa shape index (κ3) is 3.46. The fourth-order valence-corrected chi connectivity index (χ4v) is 2.33. The lowest BCUT2D eigenvalue weighted by molar-refractivity contribution is 0.0303. The summed E-state index contributed by atoms with van der Waals surface area (Å²) in [6.45, 7) is 2.35. The predicted octanol–water partition coefficient (Wildman–Crippen LogP) is 0.372. The first kappa shape index (κ1) is 15.8. The molecule has 0 saturated carbocycles. The summed E-state index contributed by atoms with van der Waals surface area (Å²) in [5.41, 5.74) is 6.94. The lowest BCUT2D eigenvalue weighted by atomic mass is 10.1. The molecule has 9 heteroatoms. The van der Waals surface area contributed by atoms with Gasteiger partial charge >= 0.3 is 0 Å². The molecule has 0 bridgehead atoms. The molecule has 0 atom stereocenters. The number of amides is 1. The van der Waals surface area contributed by atoms with Crippen molar-refractivity contribution in [3.63, 3.8) is 0 Å². The largest absolute Gasteiger partial charge is 0.382 e. The molecule has 9 nitrogen and oxygen atoms in total. The lowest BCUT2D eigenvalue weighted by Crippen LogP contribution is -2.40. The molecule has 124 valence electrons. The van der Waals surface area contributed by atoms with E-state index in [2.05, 4.69) is 20.5 Å². The molecule has 2 aromatic rings. The van der Waals surface area contributed by atoms with Gasteiger partial charge in [0.1, 0.15) is 12.2 Å². The van der Waals surface area contributed by atoms with E-state index in [1.807, 2.05) is 0 Å². The molecule has 0 unspecified atom stereocenters. The number of nitrogens with zero attached hydrogens (tertiary/aromatic N) is 4. The van der Waals surface area contributed by atoms with Crippen molar-refractivity contribution in [3.8, 4) is 0 Å². The second kappa shape index (κ2) is 7.01. The first-order chi connectivity index (χ1) is 11.6. The van der Waals surface area contributed by atoms with Gasteiger partial charge in [0.05, 0.1) is 13.2 Å². The van der Waals surface area contributed by atoms with E-state index in [0.717, 1.165) is 0 Å². The van der Waals surface area contributed by atoms with Crippen LogP contribution in [-0.4, -0.2) is 58.1 Å². The number of anilines is 2. The minimum Gasteiger partial charge on any atom is -0.382 e. The molecule has 1 aliphatic rings. The maximum Gasteiger partial charge on any atom is 0.254 e. The summed E-state index contributed by atoms with van der Waals surface area (Å²) >= 11 is 0. The lowest BCUT2D eigenvalue weighted by Gasteiger charge is -2.26. The Bertz CT molecular complexity index is 742. The fourth-order valence-electron chi connectivity index (χ4n) is 2.33. The molecule has 1 aliphatic heterocycles. The van der Waals surface area contributed by atoms with Crippen molar-refractivity contribution in [1.29, 1.82) is 5.41 Å². The number of carbonyl (C=O) groups is 1. The summed E-state index contributed by atoms with van der Waals surface area (Å²) in [6, 6.07) is 7.00. The van der Waals surface area contributed by atoms with Crippen molar-refractivity contribution in [2.24, 2.45) is 5.73 Å². The van der Waals surface area contributed by atoms with Crippen LogP contribution in [-0.2, 0) is 4.74 Å². The highest BCUT2D eigenvalue weighted by molar-refractivity contribution is 5.98. The Kier molecular flexibility index (Phi) is 4.62. The number of nitrogen functional groups attached to an aromatic ring is 1. The number of ether oxygens (including phenoxy) is 1. The number of nitrogens with two attached hydrogens (primary N) is 1. The highest BCUT2D eigenvalue weighted by Crippen LogP contribution is 2.18. The summed E-state index contributed by atoms with van der Waals surface area (Å²) in [5, 5.41) is 17.9. The second-order valence-electron chi connectivity index (χ2n) is 5.18. The van der Waals surface area contributed by atoms with Gasteiger partial charge < -0.3 is 20.7 Å². The van der Waals surface area contributed by atoms with Gasteiger partial charge in [-0.3, -0.25) is 10.2 Å². The van der Waals surface area contributed by atoms with E-state index in [1.165, 1.54) is 6.33 Å². The molecule has 1 amide bonds. The Labute approximate surface area is 138 Å². The summed E-state index contributed by atoms with van der Waals surface area (Å²) < 4.78 is 5.25. The zero-order valence-corrected chi connectivity index (χ0v) is 12.9. The van der Waals surface area contributed by atoms with Crippen molar-refractivity contribution in [2.75, 3.05) is 31.6 Å². The Morgan fingerprint density at radius 2 is 1.96 bits per heavy atom. The van der Waals surface area contributed by atoms with Gasteiger partial charge in [-0.1, -0.05) is 0 Å². The van der Waals surface area contributed by atoms with Gasteiger partial charge in [-0.15, -0.1) is 10.2 Å². The van der Waals surface area contributed by atoms with E-state index >= 15 is 0 Å². The zero-order chi connectivity index (χ0) is 16.9. The molecule has 2 heterocycles. The summed E-state index contributed by atoms with van der Waals surface area (Å²) in [5.74, 6) is 0.0972. The Morgan fingerprint density at radius 1 is 1.25 bits per heavy atom. The average molecular weight is 327 g/mol. The first-order valence-electron chi connectivity index (χ1n) is 7.41. The highest BCUT2D eigenvalue weighted by atomic mass is 16.5. The Morgan fingerprint density at radius 3 is 2.62 bits per heavy atom. The second-order valence-corrected chi connectivity index (χ2v) is 5.18. The molecule has 0 spiro atoms. The van der Waals surface area contributed by atoms with Crippen molar-refractivity contribution < 1.29 is 9.53 Å². The summed E-state index contributed by atoms with van der Waals surface area (Å²) in [4.78, 5) is 18.2. The summed E-state index contributed by atoms with van der Waals surface area (Å²) in [6.07, 6.45) is 1.27. The molecule has 4 N–H and O–H groups in total. The van der Waals surface area contributed by atoms with Crippen LogP contribution in [0.1, 0.15) is 16.1 Å². The topological polar surface area (TPSA) is 130 Å². The van der Waals surface area contributed by atoms with Crippen LogP contribution >= 0.6 is 0 Å². The minimum absolute atomic E-state index is 0.0158. The number of morpholine rings is 1. The maximum absolute atomic E-state index is 12.4. The number of hydrogen-bond donors (Lipinski definition) is 3. The van der Waals surface area contributed by atoms with Gasteiger partial charge in [-0.05, 0) is 24.3 Å². The third-order valence-corrected chi connectivity index (χ3v) is 3.57. The van der Waals surface area contributed by atoms with Gasteiger partial charge in [0, 0.05) is 24.3 Å². The van der Waals surface area contributed by atoms with Gasteiger partial charge in [-0.2, -0.15) is 0 Å². The van der Waals surface area contributed by atoms with E-state index in [1.54, 1.807) is 29.2 Å². The van der Waals surface area contributed by atoms with E-state index in [0.29, 0.717) is 43.4 Å². The van der Waals surface area contributed by atoms with Crippen LogP contribution in [0.4, 0.5) is 11.5 Å². The molecule has 1 saturated heterocycles. The number of aromatic nitrogens is 3. The maximum atomic E-state index is 12.4. The molecule has 1 aromatic heterocycles. The molecule has 0 radical (unpaired) electrons. The minimum atomic E-state index is -0.225. The van der Waals surface area contributed by atoms with Crippen molar-refractivity contribution in [3.05, 3.63) is 41.9 Å². The Balaban J connectivity index is 1.73. The van der Waals surface area contributed by atoms with Crippen molar-refractivity contribution in [1.82, 2.24) is 20.1 Å². The number of rotatable bonds is 4. The van der Waals surface area contributed by atoms with E-state index < -0.39 is 0 Å². The van der Waals surface area contributed by atoms with Gasteiger partial charge in [0.25, 0.3) is 5.91 Å². The van der Waals surface area contributed by atoms with Crippen LogP contribution in [0.2, 0.25) is 0 Å². The van der Waals surface area contributed by atoms with Crippen LogP contribution in [0.25, 0.3) is 0 Å². The molecular weight excluding hydrogens is 310 g/mol.